The van der Waals surface area contributed by atoms with Crippen LogP contribution >= 0.6 is 0 Å². The van der Waals surface area contributed by atoms with Crippen molar-refractivity contribution in [2.24, 2.45) is 21.7 Å². The van der Waals surface area contributed by atoms with Gasteiger partial charge in [0.05, 0.1) is 5.75 Å². The first-order valence-electron chi connectivity index (χ1n) is 19.7. The Morgan fingerprint density at radius 2 is 1.39 bits per heavy atom. The molecule has 1 aromatic heterocycles. The smallest absolute Gasteiger partial charge is 0.164 e. The maximum absolute atomic E-state index is 12.2. The minimum atomic E-state index is -0.337. The molecule has 6 rings (SSSR count). The van der Waals surface area contributed by atoms with Crippen LogP contribution in [0.3, 0.4) is 0 Å². The molecule has 4 nitrogen and oxygen atoms in total. The number of benzene rings is 4. The molecule has 1 aliphatic rings. The van der Waals surface area contributed by atoms with E-state index in [1.807, 2.05) is 47.7 Å². The second-order valence-electron chi connectivity index (χ2n) is 18.3. The summed E-state index contributed by atoms with van der Waals surface area (Å²) in [5.74, 6) is 2.12. The van der Waals surface area contributed by atoms with Gasteiger partial charge in [-0.3, -0.25) is 9.78 Å². The zero-order valence-corrected chi connectivity index (χ0v) is 37.5. The number of ether oxygens (including phenoxy) is 1. The summed E-state index contributed by atoms with van der Waals surface area (Å²) >= 11 is 0. The number of aliphatic hydroxyl groups is 1. The number of rotatable bonds is 9. The third kappa shape index (κ3) is 8.63. The predicted molar refractivity (Wildman–Crippen MR) is 225 cm³/mol. The van der Waals surface area contributed by atoms with E-state index < -0.39 is 0 Å². The van der Waals surface area contributed by atoms with Crippen LogP contribution < -0.4 is 4.74 Å². The van der Waals surface area contributed by atoms with Crippen molar-refractivity contribution in [1.29, 1.82) is 0 Å². The first kappa shape index (κ1) is 43.2. The van der Waals surface area contributed by atoms with Gasteiger partial charge >= 0.3 is 0 Å². The van der Waals surface area contributed by atoms with Gasteiger partial charge in [-0.15, -0.1) is 17.5 Å². The van der Waals surface area contributed by atoms with Crippen molar-refractivity contribution in [2.45, 2.75) is 129 Å². The van der Waals surface area contributed by atoms with Gasteiger partial charge in [0, 0.05) is 54.3 Å². The fourth-order valence-electron chi connectivity index (χ4n) is 7.55. The van der Waals surface area contributed by atoms with Crippen molar-refractivity contribution < 1.29 is 34.7 Å². The number of hydrogen-bond donors (Lipinski definition) is 1. The molecule has 5 heteroatoms. The summed E-state index contributed by atoms with van der Waals surface area (Å²) < 4.78 is 6.91. The summed E-state index contributed by atoms with van der Waals surface area (Å²) in [5, 5.41) is 17.4. The van der Waals surface area contributed by atoms with E-state index in [9.17, 15) is 9.90 Å². The molecule has 291 valence electrons. The molecule has 0 fully saturated rings. The third-order valence-electron chi connectivity index (χ3n) is 11.8. The standard InChI is InChI=1S/C34H34NO.C15H28O2.Ir/c1-20-10-8-11-21-16-26-31-30-24(14-15-35-31)23-13-9-12-22(18-33(2,3)4)25(23)17-28(30)36-32(26)27(29(20)21)19-34(5,6)7;1-7-14(5,8-2)12(16)11-13(17)15(6,9-3)10-4;/h8-15,17H,18-19H2,1-7H3;11,16H,7-10H2,1-6H3;/q-1;;/b;12-11-;. The molecule has 0 amide bonds. The van der Waals surface area contributed by atoms with Gasteiger partial charge < -0.3 is 9.84 Å². The minimum Gasteiger partial charge on any atom is -0.512 e. The van der Waals surface area contributed by atoms with Crippen molar-refractivity contribution in [1.82, 2.24) is 4.98 Å². The Balaban J connectivity index is 0.000000309. The normalized spacial score (nSPS) is 13.2. The SMILES string of the molecule is CCC(C)(CC)C(=O)/C=C(\O)C(C)(CC)CC.Cc1cccc2[c-]c3c(c(CC(C)(C)C)c12)Oc1cc2c(CC(C)(C)C)cccc2c2ccnc-3c12.[Ir]. The molecule has 0 spiro atoms. The molecule has 0 unspecified atom stereocenters. The van der Waals surface area contributed by atoms with E-state index in [-0.39, 0.29) is 53.3 Å². The zero-order valence-electron chi connectivity index (χ0n) is 35.1. The van der Waals surface area contributed by atoms with Gasteiger partial charge in [-0.25, -0.2) is 0 Å². The van der Waals surface area contributed by atoms with Gasteiger partial charge in [0.2, 0.25) is 0 Å². The number of nitrogens with zero attached hydrogens (tertiary/aromatic N) is 1. The molecule has 5 aromatic rings. The molecule has 0 saturated carbocycles. The van der Waals surface area contributed by atoms with E-state index in [0.717, 1.165) is 72.1 Å². The molecular formula is C49H62IrNO3-. The van der Waals surface area contributed by atoms with E-state index in [2.05, 4.69) is 103 Å². The van der Waals surface area contributed by atoms with Crippen molar-refractivity contribution in [3.8, 4) is 22.8 Å². The number of carbonyl (C=O) groups excluding carboxylic acids is 1. The van der Waals surface area contributed by atoms with Crippen LogP contribution in [0.5, 0.6) is 11.5 Å². The fraction of sp³-hybridized carbons (Fsp3) is 0.469. The molecule has 0 saturated heterocycles. The molecule has 1 aliphatic heterocycles. The largest absolute Gasteiger partial charge is 0.512 e. The van der Waals surface area contributed by atoms with Gasteiger partial charge in [0.1, 0.15) is 11.5 Å². The van der Waals surface area contributed by atoms with Crippen LogP contribution in [0, 0.1) is 34.7 Å². The Kier molecular flexibility index (Phi) is 13.0. The van der Waals surface area contributed by atoms with Gasteiger partial charge in [0.25, 0.3) is 0 Å². The van der Waals surface area contributed by atoms with Crippen LogP contribution in [0.2, 0.25) is 0 Å². The number of carbonyl (C=O) groups is 1. The van der Waals surface area contributed by atoms with Crippen LogP contribution in [0.25, 0.3) is 43.6 Å². The average molecular weight is 905 g/mol. The number of allylic oxidation sites excluding steroid dienone is 2. The number of hydrogen-bond acceptors (Lipinski definition) is 4. The number of aryl methyl sites for hydroxylation is 1. The maximum atomic E-state index is 12.2. The number of aromatic nitrogens is 1. The van der Waals surface area contributed by atoms with Gasteiger partial charge in [0.15, 0.2) is 5.78 Å². The van der Waals surface area contributed by atoms with Crippen molar-refractivity contribution >= 4 is 38.1 Å². The van der Waals surface area contributed by atoms with E-state index in [1.165, 1.54) is 44.3 Å². The van der Waals surface area contributed by atoms with E-state index in [0.29, 0.717) is 0 Å². The topological polar surface area (TPSA) is 59.4 Å². The van der Waals surface area contributed by atoms with Crippen molar-refractivity contribution in [3.05, 3.63) is 89.3 Å². The number of aliphatic hydroxyl groups excluding tert-OH is 1. The molecular weight excluding hydrogens is 843 g/mol. The van der Waals surface area contributed by atoms with Gasteiger partial charge in [-0.05, 0) is 90.1 Å². The summed E-state index contributed by atoms with van der Waals surface area (Å²) in [4.78, 5) is 17.1. The number of fused-ring (bicyclic) bond motifs is 5. The summed E-state index contributed by atoms with van der Waals surface area (Å²) in [5.41, 5.74) is 5.55. The van der Waals surface area contributed by atoms with Crippen LogP contribution in [-0.2, 0) is 37.7 Å². The number of pyridine rings is 1. The second kappa shape index (κ2) is 16.3. The summed E-state index contributed by atoms with van der Waals surface area (Å²) in [7, 11) is 0. The predicted octanol–water partition coefficient (Wildman–Crippen LogP) is 14.2. The maximum Gasteiger partial charge on any atom is 0.164 e. The minimum absolute atomic E-state index is 0. The molecule has 54 heavy (non-hydrogen) atoms. The quantitative estimate of drug-likeness (QED) is 0.0680. The van der Waals surface area contributed by atoms with Crippen LogP contribution in [-0.4, -0.2) is 15.9 Å². The Morgan fingerprint density at radius 3 is 1.98 bits per heavy atom. The molecule has 1 radical (unpaired) electrons. The molecule has 1 N–H and O–H groups in total. The molecule has 0 aliphatic carbocycles. The zero-order chi connectivity index (χ0) is 39.1. The first-order valence-corrected chi connectivity index (χ1v) is 19.7. The van der Waals surface area contributed by atoms with Crippen LogP contribution in [0.1, 0.15) is 125 Å². The van der Waals surface area contributed by atoms with Crippen molar-refractivity contribution in [3.63, 3.8) is 0 Å². The molecule has 0 bridgehead atoms. The van der Waals surface area contributed by atoms with E-state index >= 15 is 0 Å². The summed E-state index contributed by atoms with van der Waals surface area (Å²) in [6, 6.07) is 21.3. The molecule has 0 atom stereocenters. The van der Waals surface area contributed by atoms with Crippen molar-refractivity contribution in [2.75, 3.05) is 0 Å². The Bertz CT molecular complexity index is 2190. The van der Waals surface area contributed by atoms with Crippen LogP contribution in [0.4, 0.5) is 0 Å². The summed E-state index contributed by atoms with van der Waals surface area (Å²) in [6.07, 6.45) is 8.63. The molecule has 2 heterocycles. The Labute approximate surface area is 338 Å². The first-order chi connectivity index (χ1) is 24.8. The van der Waals surface area contributed by atoms with E-state index in [1.54, 1.807) is 0 Å². The summed E-state index contributed by atoms with van der Waals surface area (Å²) in [6.45, 7) is 28.1. The van der Waals surface area contributed by atoms with Crippen LogP contribution in [0.15, 0.2) is 66.6 Å². The fourth-order valence-corrected chi connectivity index (χ4v) is 7.55. The van der Waals surface area contributed by atoms with Gasteiger partial charge in [-0.2, -0.15) is 0 Å². The second-order valence-corrected chi connectivity index (χ2v) is 18.3. The molecule has 4 aromatic carbocycles. The van der Waals surface area contributed by atoms with E-state index in [4.69, 9.17) is 9.72 Å². The third-order valence-corrected chi connectivity index (χ3v) is 11.8. The van der Waals surface area contributed by atoms with Gasteiger partial charge in [-0.1, -0.05) is 135 Å². The number of ketones is 1. The Morgan fingerprint density at radius 1 is 0.778 bits per heavy atom. The average Bonchev–Trinajstić information content (AvgIpc) is 3.10. The Hall–Kier alpha value is -3.53. The monoisotopic (exact) mass is 905 g/mol.